The van der Waals surface area contributed by atoms with Crippen LogP contribution < -0.4 is 5.32 Å². The molecule has 0 spiro atoms. The van der Waals surface area contributed by atoms with E-state index in [1.165, 1.54) is 12.8 Å². The smallest absolute Gasteiger partial charge is 0.0290 e. The van der Waals surface area contributed by atoms with Crippen LogP contribution in [0.25, 0.3) is 0 Å². The van der Waals surface area contributed by atoms with Crippen molar-refractivity contribution < 1.29 is 0 Å². The summed E-state index contributed by atoms with van der Waals surface area (Å²) in [4.78, 5) is 2.43. The molecule has 1 radical (unpaired) electrons. The molecule has 10 heavy (non-hydrogen) atoms. The molecule has 0 aromatic carbocycles. The van der Waals surface area contributed by atoms with Crippen LogP contribution in [0.3, 0.4) is 0 Å². The van der Waals surface area contributed by atoms with Gasteiger partial charge in [0.15, 0.2) is 0 Å². The highest BCUT2D eigenvalue weighted by Crippen LogP contribution is 2.06. The zero-order chi connectivity index (χ0) is 7.40. The van der Waals surface area contributed by atoms with Gasteiger partial charge >= 0.3 is 0 Å². The number of likely N-dealkylation sites (N-methyl/N-ethyl adjacent to an activating group) is 1. The van der Waals surface area contributed by atoms with E-state index in [1.807, 2.05) is 0 Å². The normalized spacial score (nSPS) is 28.8. The molecule has 1 atom stereocenters. The number of piperazine rings is 1. The minimum Gasteiger partial charge on any atom is -0.301 e. The highest BCUT2D eigenvalue weighted by Gasteiger charge is 2.17. The van der Waals surface area contributed by atoms with E-state index in [0.717, 1.165) is 25.7 Å². The SMILES string of the molecule is CCCC1C[N]CCN1C. The topological polar surface area (TPSA) is 17.3 Å². The van der Waals surface area contributed by atoms with Crippen LogP contribution in [0.5, 0.6) is 0 Å². The summed E-state index contributed by atoms with van der Waals surface area (Å²) in [5.74, 6) is 0. The van der Waals surface area contributed by atoms with Crippen LogP contribution in [-0.2, 0) is 0 Å². The highest BCUT2D eigenvalue weighted by molar-refractivity contribution is 4.75. The van der Waals surface area contributed by atoms with E-state index in [1.54, 1.807) is 0 Å². The summed E-state index contributed by atoms with van der Waals surface area (Å²) >= 11 is 0. The Bertz CT molecular complexity index is 91.3. The van der Waals surface area contributed by atoms with E-state index in [9.17, 15) is 0 Å². The van der Waals surface area contributed by atoms with Crippen molar-refractivity contribution in [3.8, 4) is 0 Å². The van der Waals surface area contributed by atoms with Crippen LogP contribution in [0, 0.1) is 0 Å². The van der Waals surface area contributed by atoms with Gasteiger partial charge in [0.1, 0.15) is 0 Å². The largest absolute Gasteiger partial charge is 0.301 e. The fraction of sp³-hybridized carbons (Fsp3) is 1.00. The monoisotopic (exact) mass is 141 g/mol. The van der Waals surface area contributed by atoms with Crippen molar-refractivity contribution in [2.45, 2.75) is 25.8 Å². The number of rotatable bonds is 2. The molecule has 1 unspecified atom stereocenters. The summed E-state index contributed by atoms with van der Waals surface area (Å²) in [5.41, 5.74) is 0. The van der Waals surface area contributed by atoms with Gasteiger partial charge in [-0.25, -0.2) is 5.32 Å². The molecule has 0 amide bonds. The van der Waals surface area contributed by atoms with E-state index < -0.39 is 0 Å². The second-order valence-electron chi connectivity index (χ2n) is 3.05. The van der Waals surface area contributed by atoms with E-state index in [4.69, 9.17) is 0 Å². The Balaban J connectivity index is 2.25. The van der Waals surface area contributed by atoms with Crippen LogP contribution in [0.1, 0.15) is 19.8 Å². The third-order valence-electron chi connectivity index (χ3n) is 2.20. The molecule has 1 saturated heterocycles. The first-order chi connectivity index (χ1) is 4.84. The molecule has 0 aromatic heterocycles. The van der Waals surface area contributed by atoms with Crippen molar-refractivity contribution >= 4 is 0 Å². The fourth-order valence-corrected chi connectivity index (χ4v) is 1.44. The van der Waals surface area contributed by atoms with Crippen molar-refractivity contribution in [1.82, 2.24) is 10.2 Å². The molecule has 1 aliphatic heterocycles. The molecule has 1 rings (SSSR count). The minimum absolute atomic E-state index is 0.735. The van der Waals surface area contributed by atoms with Crippen molar-refractivity contribution in [1.29, 1.82) is 0 Å². The first-order valence-electron chi connectivity index (χ1n) is 4.18. The maximum Gasteiger partial charge on any atom is 0.0290 e. The highest BCUT2D eigenvalue weighted by atomic mass is 15.2. The fourth-order valence-electron chi connectivity index (χ4n) is 1.44. The lowest BCUT2D eigenvalue weighted by atomic mass is 10.1. The molecule has 2 heteroatoms. The van der Waals surface area contributed by atoms with Crippen LogP contribution >= 0.6 is 0 Å². The molecular formula is C8H17N2. The van der Waals surface area contributed by atoms with E-state index in [2.05, 4.69) is 24.2 Å². The van der Waals surface area contributed by atoms with Gasteiger partial charge in [-0.3, -0.25) is 0 Å². The molecule has 0 bridgehead atoms. The number of hydrogen-bond acceptors (Lipinski definition) is 1. The molecule has 1 fully saturated rings. The summed E-state index contributed by atoms with van der Waals surface area (Å²) < 4.78 is 0. The van der Waals surface area contributed by atoms with Crippen molar-refractivity contribution in [3.63, 3.8) is 0 Å². The average Bonchev–Trinajstić information content (AvgIpc) is 1.94. The molecule has 0 aliphatic carbocycles. The zero-order valence-corrected chi connectivity index (χ0v) is 7.01. The van der Waals surface area contributed by atoms with Gasteiger partial charge in [-0.1, -0.05) is 13.3 Å². The average molecular weight is 141 g/mol. The number of hydrogen-bond donors (Lipinski definition) is 0. The van der Waals surface area contributed by atoms with Crippen LogP contribution in [0.15, 0.2) is 0 Å². The molecule has 0 N–H and O–H groups in total. The van der Waals surface area contributed by atoms with Gasteiger partial charge in [0.25, 0.3) is 0 Å². The lowest BCUT2D eigenvalue weighted by Gasteiger charge is -2.31. The molecule has 0 saturated carbocycles. The molecule has 1 aliphatic rings. The Kier molecular flexibility index (Phi) is 3.16. The third-order valence-corrected chi connectivity index (χ3v) is 2.20. The molecule has 1 heterocycles. The lowest BCUT2D eigenvalue weighted by Crippen LogP contribution is -2.46. The molecule has 2 nitrogen and oxygen atoms in total. The quantitative estimate of drug-likeness (QED) is 0.553. The van der Waals surface area contributed by atoms with Gasteiger partial charge in [0.05, 0.1) is 0 Å². The zero-order valence-electron chi connectivity index (χ0n) is 7.01. The Morgan fingerprint density at radius 3 is 3.00 bits per heavy atom. The van der Waals surface area contributed by atoms with E-state index >= 15 is 0 Å². The lowest BCUT2D eigenvalue weighted by molar-refractivity contribution is 0.187. The van der Waals surface area contributed by atoms with Gasteiger partial charge in [-0.05, 0) is 13.5 Å². The predicted octanol–water partition coefficient (Wildman–Crippen LogP) is 0.705. The second-order valence-corrected chi connectivity index (χ2v) is 3.05. The molecule has 59 valence electrons. The summed E-state index contributed by atoms with van der Waals surface area (Å²) in [5, 5.41) is 4.39. The van der Waals surface area contributed by atoms with Gasteiger partial charge < -0.3 is 4.90 Å². The Hall–Kier alpha value is -0.0800. The van der Waals surface area contributed by atoms with Gasteiger partial charge in [0.2, 0.25) is 0 Å². The van der Waals surface area contributed by atoms with Crippen LogP contribution in [-0.4, -0.2) is 37.6 Å². The molecular weight excluding hydrogens is 124 g/mol. The second kappa shape index (κ2) is 3.94. The summed E-state index contributed by atoms with van der Waals surface area (Å²) in [7, 11) is 2.20. The van der Waals surface area contributed by atoms with Crippen LogP contribution in [0.2, 0.25) is 0 Å². The minimum atomic E-state index is 0.735. The summed E-state index contributed by atoms with van der Waals surface area (Å²) in [6.07, 6.45) is 2.59. The standard InChI is InChI=1S/C8H17N2/c1-3-4-8-7-9-5-6-10(8)2/h8H,3-7H2,1-2H3. The van der Waals surface area contributed by atoms with Crippen molar-refractivity contribution in [2.75, 3.05) is 26.7 Å². The van der Waals surface area contributed by atoms with Gasteiger partial charge in [-0.2, -0.15) is 0 Å². The first kappa shape index (κ1) is 8.02. The van der Waals surface area contributed by atoms with Gasteiger partial charge in [-0.15, -0.1) is 0 Å². The Labute approximate surface area is 63.6 Å². The van der Waals surface area contributed by atoms with E-state index in [0.29, 0.717) is 0 Å². The van der Waals surface area contributed by atoms with Crippen LogP contribution in [0.4, 0.5) is 0 Å². The van der Waals surface area contributed by atoms with Crippen molar-refractivity contribution in [3.05, 3.63) is 0 Å². The predicted molar refractivity (Wildman–Crippen MR) is 43.2 cm³/mol. The third kappa shape index (κ3) is 1.96. The number of nitrogens with zero attached hydrogens (tertiary/aromatic N) is 2. The Morgan fingerprint density at radius 1 is 1.60 bits per heavy atom. The summed E-state index contributed by atoms with van der Waals surface area (Å²) in [6.45, 7) is 5.49. The maximum absolute atomic E-state index is 4.39. The first-order valence-corrected chi connectivity index (χ1v) is 4.18. The van der Waals surface area contributed by atoms with E-state index in [-0.39, 0.29) is 0 Å². The maximum atomic E-state index is 4.39. The molecule has 0 aromatic rings. The summed E-state index contributed by atoms with van der Waals surface area (Å²) in [6, 6.07) is 0.735. The van der Waals surface area contributed by atoms with Gasteiger partial charge in [0, 0.05) is 25.7 Å². The van der Waals surface area contributed by atoms with Crippen molar-refractivity contribution in [2.24, 2.45) is 0 Å². The Morgan fingerprint density at radius 2 is 2.40 bits per heavy atom.